The number of aromatic nitrogens is 2. The average molecular weight is 378 g/mol. The molecule has 1 aromatic heterocycles. The van der Waals surface area contributed by atoms with Crippen LogP contribution >= 0.6 is 11.6 Å². The second kappa shape index (κ2) is 8.12. The van der Waals surface area contributed by atoms with Crippen LogP contribution in [0.25, 0.3) is 0 Å². The second-order valence-electron chi connectivity index (χ2n) is 7.20. The van der Waals surface area contributed by atoms with E-state index in [0.717, 1.165) is 17.3 Å². The number of hydrogen-bond donors (Lipinski definition) is 1. The van der Waals surface area contributed by atoms with E-state index in [9.17, 15) is 4.79 Å². The Labute approximate surface area is 160 Å². The Bertz CT molecular complexity index is 768. The summed E-state index contributed by atoms with van der Waals surface area (Å²) < 4.78 is 7.13. The standard InChI is InChI=1S/C20H28ClN3O2/c1-7-26-19(25)17-15(4)23-24-18(17)22-16(12-20(24,5)6)13(2)10-8-9-11-14(3)21/h8-11,16,22H,7,12H2,1-6H3/b9-8-,13-10+,14-11+. The first-order valence-electron chi connectivity index (χ1n) is 8.88. The number of halogens is 1. The van der Waals surface area contributed by atoms with E-state index in [1.807, 2.05) is 36.8 Å². The molecule has 2 heterocycles. The number of carbonyl (C=O) groups excluding carboxylic acids is 1. The monoisotopic (exact) mass is 377 g/mol. The predicted molar refractivity (Wildman–Crippen MR) is 107 cm³/mol. The molecule has 26 heavy (non-hydrogen) atoms. The van der Waals surface area contributed by atoms with Gasteiger partial charge in [0, 0.05) is 5.03 Å². The molecule has 0 saturated carbocycles. The molecular formula is C20H28ClN3O2. The van der Waals surface area contributed by atoms with Gasteiger partial charge in [-0.2, -0.15) is 5.10 Å². The van der Waals surface area contributed by atoms with Crippen molar-refractivity contribution in [3.8, 4) is 0 Å². The number of hydrogen-bond acceptors (Lipinski definition) is 4. The SMILES string of the molecule is CCOC(=O)c1c(C)nn2c1NC(/C(C)=C/C=C\C=C(/C)Cl)CC2(C)C. The molecule has 0 saturated heterocycles. The maximum Gasteiger partial charge on any atom is 0.343 e. The quantitative estimate of drug-likeness (QED) is 0.583. The Kier molecular flexibility index (Phi) is 6.34. The van der Waals surface area contributed by atoms with Crippen LogP contribution in [0, 0.1) is 6.92 Å². The van der Waals surface area contributed by atoms with Gasteiger partial charge in [-0.15, -0.1) is 0 Å². The van der Waals surface area contributed by atoms with Gasteiger partial charge in [0.25, 0.3) is 0 Å². The third kappa shape index (κ3) is 4.39. The molecule has 0 radical (unpaired) electrons. The molecule has 1 aliphatic heterocycles. The van der Waals surface area contributed by atoms with Crippen LogP contribution in [-0.2, 0) is 10.3 Å². The first kappa shape index (κ1) is 20.3. The van der Waals surface area contributed by atoms with Crippen molar-refractivity contribution < 1.29 is 9.53 Å². The van der Waals surface area contributed by atoms with E-state index in [1.165, 1.54) is 5.57 Å². The first-order valence-corrected chi connectivity index (χ1v) is 9.26. The summed E-state index contributed by atoms with van der Waals surface area (Å²) in [5, 5.41) is 8.82. The number of carbonyl (C=O) groups is 1. The predicted octanol–water partition coefficient (Wildman–Crippen LogP) is 4.93. The molecule has 0 amide bonds. The summed E-state index contributed by atoms with van der Waals surface area (Å²) in [5.74, 6) is 0.398. The number of esters is 1. The van der Waals surface area contributed by atoms with Gasteiger partial charge in [-0.3, -0.25) is 0 Å². The number of aryl methyl sites for hydroxylation is 1. The fraction of sp³-hybridized carbons (Fsp3) is 0.500. The van der Waals surface area contributed by atoms with Gasteiger partial charge in [0.1, 0.15) is 11.4 Å². The normalized spacial score (nSPS) is 20.0. The number of nitrogens with one attached hydrogen (secondary N) is 1. The Balaban J connectivity index is 2.36. The summed E-state index contributed by atoms with van der Waals surface area (Å²) in [5.41, 5.74) is 2.17. The molecule has 1 aliphatic rings. The zero-order chi connectivity index (χ0) is 19.5. The summed E-state index contributed by atoms with van der Waals surface area (Å²) in [6, 6.07) is 0.104. The molecule has 1 unspecified atom stereocenters. The van der Waals surface area contributed by atoms with Crippen LogP contribution in [-0.4, -0.2) is 28.4 Å². The smallest absolute Gasteiger partial charge is 0.343 e. The molecule has 142 valence electrons. The summed E-state index contributed by atoms with van der Waals surface area (Å²) in [6.45, 7) is 12.2. The topological polar surface area (TPSA) is 56.1 Å². The number of rotatable bonds is 5. The molecule has 0 aromatic carbocycles. The van der Waals surface area contributed by atoms with Crippen molar-refractivity contribution >= 4 is 23.4 Å². The minimum atomic E-state index is -0.334. The fourth-order valence-electron chi connectivity index (χ4n) is 3.13. The van der Waals surface area contributed by atoms with E-state index in [2.05, 4.69) is 37.3 Å². The van der Waals surface area contributed by atoms with E-state index >= 15 is 0 Å². The first-order chi connectivity index (χ1) is 12.2. The van der Waals surface area contributed by atoms with Crippen LogP contribution in [0.3, 0.4) is 0 Å². The van der Waals surface area contributed by atoms with E-state index in [0.29, 0.717) is 17.9 Å². The van der Waals surface area contributed by atoms with Crippen molar-refractivity contribution in [2.24, 2.45) is 0 Å². The average Bonchev–Trinajstić information content (AvgIpc) is 2.88. The molecule has 1 aromatic rings. The van der Waals surface area contributed by atoms with Gasteiger partial charge in [0.2, 0.25) is 0 Å². The Morgan fingerprint density at radius 1 is 1.38 bits per heavy atom. The fourth-order valence-corrected chi connectivity index (χ4v) is 3.21. The highest BCUT2D eigenvalue weighted by Crippen LogP contribution is 2.37. The molecular weight excluding hydrogens is 350 g/mol. The Morgan fingerprint density at radius 3 is 2.65 bits per heavy atom. The highest BCUT2D eigenvalue weighted by Gasteiger charge is 2.38. The second-order valence-corrected chi connectivity index (χ2v) is 7.80. The van der Waals surface area contributed by atoms with Crippen LogP contribution in [0.1, 0.15) is 57.1 Å². The lowest BCUT2D eigenvalue weighted by Crippen LogP contribution is -2.42. The minimum Gasteiger partial charge on any atom is -0.462 e. The highest BCUT2D eigenvalue weighted by molar-refractivity contribution is 6.29. The van der Waals surface area contributed by atoms with E-state index < -0.39 is 0 Å². The molecule has 1 atom stereocenters. The summed E-state index contributed by atoms with van der Waals surface area (Å²) >= 11 is 5.83. The van der Waals surface area contributed by atoms with E-state index in [-0.39, 0.29) is 17.6 Å². The lowest BCUT2D eigenvalue weighted by Gasteiger charge is -2.38. The van der Waals surface area contributed by atoms with Gasteiger partial charge in [0.15, 0.2) is 0 Å². The van der Waals surface area contributed by atoms with Gasteiger partial charge in [-0.1, -0.05) is 35.4 Å². The molecule has 5 nitrogen and oxygen atoms in total. The maximum absolute atomic E-state index is 12.4. The van der Waals surface area contributed by atoms with Gasteiger partial charge in [-0.25, -0.2) is 9.48 Å². The van der Waals surface area contributed by atoms with Crippen molar-refractivity contribution in [3.63, 3.8) is 0 Å². The molecule has 0 bridgehead atoms. The maximum atomic E-state index is 12.4. The molecule has 0 spiro atoms. The van der Waals surface area contributed by atoms with Crippen LogP contribution < -0.4 is 5.32 Å². The third-order valence-corrected chi connectivity index (χ3v) is 4.60. The Hall–Kier alpha value is -2.01. The molecule has 1 N–H and O–H groups in total. The minimum absolute atomic E-state index is 0.104. The number of ether oxygens (including phenoxy) is 1. The van der Waals surface area contributed by atoms with Crippen LogP contribution in [0.15, 0.2) is 34.9 Å². The third-order valence-electron chi connectivity index (χ3n) is 4.47. The van der Waals surface area contributed by atoms with Crippen molar-refractivity contribution in [1.29, 1.82) is 0 Å². The van der Waals surface area contributed by atoms with Crippen LogP contribution in [0.4, 0.5) is 5.82 Å². The van der Waals surface area contributed by atoms with Gasteiger partial charge >= 0.3 is 5.97 Å². The summed E-state index contributed by atoms with van der Waals surface area (Å²) in [4.78, 5) is 12.4. The zero-order valence-electron chi connectivity index (χ0n) is 16.4. The number of fused-ring (bicyclic) bond motifs is 1. The zero-order valence-corrected chi connectivity index (χ0v) is 17.1. The summed E-state index contributed by atoms with van der Waals surface area (Å²) in [6.07, 6.45) is 8.66. The Morgan fingerprint density at radius 2 is 2.04 bits per heavy atom. The molecule has 0 fully saturated rings. The number of anilines is 1. The van der Waals surface area contributed by atoms with Crippen molar-refractivity contribution in [2.75, 3.05) is 11.9 Å². The van der Waals surface area contributed by atoms with Crippen molar-refractivity contribution in [3.05, 3.63) is 46.2 Å². The molecule has 6 heteroatoms. The molecule has 0 aliphatic carbocycles. The number of nitrogens with zero attached hydrogens (tertiary/aromatic N) is 2. The summed E-state index contributed by atoms with van der Waals surface area (Å²) in [7, 11) is 0. The largest absolute Gasteiger partial charge is 0.462 e. The van der Waals surface area contributed by atoms with Gasteiger partial charge in [0.05, 0.1) is 23.9 Å². The lowest BCUT2D eigenvalue weighted by molar-refractivity contribution is 0.0526. The van der Waals surface area contributed by atoms with Crippen molar-refractivity contribution in [1.82, 2.24) is 9.78 Å². The highest BCUT2D eigenvalue weighted by atomic mass is 35.5. The lowest BCUT2D eigenvalue weighted by atomic mass is 9.89. The van der Waals surface area contributed by atoms with Crippen LogP contribution in [0.5, 0.6) is 0 Å². The van der Waals surface area contributed by atoms with E-state index in [4.69, 9.17) is 16.3 Å². The van der Waals surface area contributed by atoms with Crippen molar-refractivity contribution in [2.45, 2.75) is 59.5 Å². The number of allylic oxidation sites excluding steroid dienone is 5. The van der Waals surface area contributed by atoms with Gasteiger partial charge < -0.3 is 10.1 Å². The van der Waals surface area contributed by atoms with Gasteiger partial charge in [-0.05, 0) is 54.0 Å². The molecule has 2 rings (SSSR count). The van der Waals surface area contributed by atoms with E-state index in [1.54, 1.807) is 6.92 Å². The van der Waals surface area contributed by atoms with Crippen LogP contribution in [0.2, 0.25) is 0 Å².